The SMILES string of the molecule is CNC(Cc1cccc(F)c1Cl)C1CC1. The molecule has 2 rings (SSSR count). The Morgan fingerprint density at radius 1 is 1.53 bits per heavy atom. The van der Waals surface area contributed by atoms with Gasteiger partial charge in [-0.2, -0.15) is 0 Å². The van der Waals surface area contributed by atoms with E-state index in [1.165, 1.54) is 18.9 Å². The molecule has 0 heterocycles. The summed E-state index contributed by atoms with van der Waals surface area (Å²) in [5, 5.41) is 3.55. The van der Waals surface area contributed by atoms with Gasteiger partial charge in [0.05, 0.1) is 5.02 Å². The molecule has 1 aromatic carbocycles. The molecule has 0 aliphatic heterocycles. The third-order valence-electron chi connectivity index (χ3n) is 3.03. The molecule has 0 spiro atoms. The third kappa shape index (κ3) is 2.50. The van der Waals surface area contributed by atoms with Crippen LogP contribution < -0.4 is 5.32 Å². The van der Waals surface area contributed by atoms with E-state index in [1.807, 2.05) is 13.1 Å². The van der Waals surface area contributed by atoms with Crippen LogP contribution in [-0.4, -0.2) is 13.1 Å². The molecule has 1 aliphatic rings. The molecular formula is C12H15ClFN. The second-order valence-corrected chi connectivity index (χ2v) is 4.53. The van der Waals surface area contributed by atoms with Crippen molar-refractivity contribution in [2.24, 2.45) is 5.92 Å². The van der Waals surface area contributed by atoms with Crippen molar-refractivity contribution in [3.63, 3.8) is 0 Å². The highest BCUT2D eigenvalue weighted by Crippen LogP contribution is 2.35. The Morgan fingerprint density at radius 2 is 2.27 bits per heavy atom. The van der Waals surface area contributed by atoms with Gasteiger partial charge in [-0.3, -0.25) is 0 Å². The van der Waals surface area contributed by atoms with Gasteiger partial charge in [0, 0.05) is 6.04 Å². The second kappa shape index (κ2) is 4.50. The Hall–Kier alpha value is -0.600. The lowest BCUT2D eigenvalue weighted by Gasteiger charge is -2.16. The van der Waals surface area contributed by atoms with Gasteiger partial charge in [0.2, 0.25) is 0 Å². The van der Waals surface area contributed by atoms with E-state index in [0.717, 1.165) is 17.9 Å². The highest BCUT2D eigenvalue weighted by Gasteiger charge is 2.30. The van der Waals surface area contributed by atoms with Gasteiger partial charge in [0.15, 0.2) is 0 Å². The van der Waals surface area contributed by atoms with Crippen LogP contribution in [0.2, 0.25) is 5.02 Å². The van der Waals surface area contributed by atoms with Gasteiger partial charge in [-0.25, -0.2) is 4.39 Å². The van der Waals surface area contributed by atoms with E-state index in [4.69, 9.17) is 11.6 Å². The molecule has 1 nitrogen and oxygen atoms in total. The largest absolute Gasteiger partial charge is 0.316 e. The van der Waals surface area contributed by atoms with E-state index >= 15 is 0 Å². The van der Waals surface area contributed by atoms with Crippen LogP contribution in [0.15, 0.2) is 18.2 Å². The average molecular weight is 228 g/mol. The van der Waals surface area contributed by atoms with Crippen molar-refractivity contribution in [3.05, 3.63) is 34.6 Å². The first-order valence-electron chi connectivity index (χ1n) is 5.32. The van der Waals surface area contributed by atoms with E-state index in [2.05, 4.69) is 5.32 Å². The maximum Gasteiger partial charge on any atom is 0.142 e. The fraction of sp³-hybridized carbons (Fsp3) is 0.500. The van der Waals surface area contributed by atoms with Crippen molar-refractivity contribution >= 4 is 11.6 Å². The molecule has 3 heteroatoms. The Labute approximate surface area is 94.6 Å². The van der Waals surface area contributed by atoms with Gasteiger partial charge in [-0.1, -0.05) is 23.7 Å². The van der Waals surface area contributed by atoms with E-state index < -0.39 is 0 Å². The lowest BCUT2D eigenvalue weighted by molar-refractivity contribution is 0.499. The van der Waals surface area contributed by atoms with E-state index in [1.54, 1.807) is 6.07 Å². The van der Waals surface area contributed by atoms with Gasteiger partial charge in [0.25, 0.3) is 0 Å². The van der Waals surface area contributed by atoms with Crippen LogP contribution in [0.1, 0.15) is 18.4 Å². The molecule has 1 aromatic rings. The van der Waals surface area contributed by atoms with Gasteiger partial charge < -0.3 is 5.32 Å². The van der Waals surface area contributed by atoms with Crippen molar-refractivity contribution < 1.29 is 4.39 Å². The Kier molecular flexibility index (Phi) is 3.27. The van der Waals surface area contributed by atoms with Gasteiger partial charge >= 0.3 is 0 Å². The number of likely N-dealkylation sites (N-methyl/N-ethyl adjacent to an activating group) is 1. The molecule has 1 unspecified atom stereocenters. The van der Waals surface area contributed by atoms with Crippen molar-refractivity contribution in [1.29, 1.82) is 0 Å². The highest BCUT2D eigenvalue weighted by molar-refractivity contribution is 6.31. The average Bonchev–Trinajstić information content (AvgIpc) is 3.04. The topological polar surface area (TPSA) is 12.0 Å². The van der Waals surface area contributed by atoms with Crippen LogP contribution >= 0.6 is 11.6 Å². The van der Waals surface area contributed by atoms with Crippen molar-refractivity contribution in [1.82, 2.24) is 5.32 Å². The lowest BCUT2D eigenvalue weighted by atomic mass is 10.0. The molecule has 1 saturated carbocycles. The van der Waals surface area contributed by atoms with E-state index in [9.17, 15) is 4.39 Å². The predicted octanol–water partition coefficient (Wildman–Crippen LogP) is 3.02. The standard InChI is InChI=1S/C12H15ClFN/c1-15-11(8-5-6-8)7-9-3-2-4-10(14)12(9)13/h2-4,8,11,15H,5-7H2,1H3. The minimum Gasteiger partial charge on any atom is -0.316 e. The number of halogens is 2. The molecule has 1 aliphatic carbocycles. The zero-order chi connectivity index (χ0) is 10.8. The van der Waals surface area contributed by atoms with Crippen LogP contribution in [0.3, 0.4) is 0 Å². The van der Waals surface area contributed by atoms with Crippen molar-refractivity contribution in [2.75, 3.05) is 7.05 Å². The molecular weight excluding hydrogens is 213 g/mol. The van der Waals surface area contributed by atoms with Crippen molar-refractivity contribution in [3.8, 4) is 0 Å². The van der Waals surface area contributed by atoms with Crippen LogP contribution in [0.4, 0.5) is 4.39 Å². The Bertz CT molecular complexity index is 349. The molecule has 15 heavy (non-hydrogen) atoms. The minimum absolute atomic E-state index is 0.276. The summed E-state index contributed by atoms with van der Waals surface area (Å²) in [4.78, 5) is 0. The van der Waals surface area contributed by atoms with Crippen LogP contribution in [0.5, 0.6) is 0 Å². The van der Waals surface area contributed by atoms with Crippen LogP contribution in [0.25, 0.3) is 0 Å². The van der Waals surface area contributed by atoms with Gasteiger partial charge in [-0.05, 0) is 43.9 Å². The third-order valence-corrected chi connectivity index (χ3v) is 3.46. The second-order valence-electron chi connectivity index (χ2n) is 4.15. The molecule has 1 atom stereocenters. The van der Waals surface area contributed by atoms with Gasteiger partial charge in [0.1, 0.15) is 5.82 Å². The summed E-state index contributed by atoms with van der Waals surface area (Å²) in [5.74, 6) is 0.425. The zero-order valence-electron chi connectivity index (χ0n) is 8.76. The summed E-state index contributed by atoms with van der Waals surface area (Å²) < 4.78 is 13.2. The molecule has 0 aromatic heterocycles. The summed E-state index contributed by atoms with van der Waals surface area (Å²) in [6.07, 6.45) is 3.37. The van der Waals surface area contributed by atoms with E-state index in [-0.39, 0.29) is 10.8 Å². The summed E-state index contributed by atoms with van der Waals surface area (Å²) in [7, 11) is 1.95. The van der Waals surface area contributed by atoms with Gasteiger partial charge in [-0.15, -0.1) is 0 Å². The number of hydrogen-bond donors (Lipinski definition) is 1. The first-order valence-corrected chi connectivity index (χ1v) is 5.70. The van der Waals surface area contributed by atoms with Crippen LogP contribution in [0, 0.1) is 11.7 Å². The molecule has 82 valence electrons. The zero-order valence-corrected chi connectivity index (χ0v) is 9.52. The fourth-order valence-electron chi connectivity index (χ4n) is 1.95. The minimum atomic E-state index is -0.320. The summed E-state index contributed by atoms with van der Waals surface area (Å²) in [6, 6.07) is 5.45. The van der Waals surface area contributed by atoms with Crippen LogP contribution in [-0.2, 0) is 6.42 Å². The summed E-state index contributed by atoms with van der Waals surface area (Å²) in [5.41, 5.74) is 0.905. The normalized spacial score (nSPS) is 17.8. The maximum atomic E-state index is 13.2. The molecule has 0 bridgehead atoms. The Balaban J connectivity index is 2.11. The summed E-state index contributed by atoms with van der Waals surface area (Å²) >= 11 is 5.92. The number of benzene rings is 1. The molecule has 0 amide bonds. The summed E-state index contributed by atoms with van der Waals surface area (Å²) in [6.45, 7) is 0. The monoisotopic (exact) mass is 227 g/mol. The number of hydrogen-bond acceptors (Lipinski definition) is 1. The number of rotatable bonds is 4. The first-order chi connectivity index (χ1) is 7.22. The molecule has 1 N–H and O–H groups in total. The molecule has 0 saturated heterocycles. The van der Waals surface area contributed by atoms with E-state index in [0.29, 0.717) is 6.04 Å². The first kappa shape index (κ1) is 10.9. The fourth-order valence-corrected chi connectivity index (χ4v) is 2.15. The number of nitrogens with one attached hydrogen (secondary N) is 1. The molecule has 0 radical (unpaired) electrons. The lowest BCUT2D eigenvalue weighted by Crippen LogP contribution is -2.29. The quantitative estimate of drug-likeness (QED) is 0.834. The maximum absolute atomic E-state index is 13.2. The predicted molar refractivity (Wildman–Crippen MR) is 60.7 cm³/mol. The van der Waals surface area contributed by atoms with Crippen molar-refractivity contribution in [2.45, 2.75) is 25.3 Å². The Morgan fingerprint density at radius 3 is 2.87 bits per heavy atom. The smallest absolute Gasteiger partial charge is 0.142 e. The highest BCUT2D eigenvalue weighted by atomic mass is 35.5. The molecule has 1 fully saturated rings.